The van der Waals surface area contributed by atoms with E-state index in [4.69, 9.17) is 9.72 Å². The van der Waals surface area contributed by atoms with Crippen LogP contribution in [0.2, 0.25) is 0 Å². The second-order valence-electron chi connectivity index (χ2n) is 7.56. The van der Waals surface area contributed by atoms with E-state index in [0.29, 0.717) is 18.1 Å². The summed E-state index contributed by atoms with van der Waals surface area (Å²) in [5.41, 5.74) is 2.74. The van der Waals surface area contributed by atoms with Crippen molar-refractivity contribution in [2.24, 2.45) is 11.3 Å². The molecule has 4 nitrogen and oxygen atoms in total. The molecular formula is C17H25N3OS. The fraction of sp³-hybridized carbons (Fsp3) is 0.706. The largest absolute Gasteiger partial charge is 0.377 e. The van der Waals surface area contributed by atoms with Crippen molar-refractivity contribution in [3.63, 3.8) is 0 Å². The molecule has 1 saturated carbocycles. The van der Waals surface area contributed by atoms with Crippen LogP contribution in [0.4, 0.5) is 0 Å². The molecule has 120 valence electrons. The Bertz CT molecular complexity index is 717. The maximum absolute atomic E-state index is 5.94. The SMILES string of the molecule is Cc1cn2c(CN(C)[C@@H]3[C@H]4CCO[C@H]4C3(C)C)c(C)nc2s1. The highest BCUT2D eigenvalue weighted by atomic mass is 32.1. The van der Waals surface area contributed by atoms with Gasteiger partial charge in [0.1, 0.15) is 0 Å². The van der Waals surface area contributed by atoms with Crippen LogP contribution in [0.5, 0.6) is 0 Å². The van der Waals surface area contributed by atoms with E-state index in [1.807, 2.05) is 0 Å². The number of imidazole rings is 1. The van der Waals surface area contributed by atoms with Crippen LogP contribution in [-0.2, 0) is 11.3 Å². The quantitative estimate of drug-likeness (QED) is 0.870. The monoisotopic (exact) mass is 319 g/mol. The van der Waals surface area contributed by atoms with Gasteiger partial charge in [0.2, 0.25) is 0 Å². The van der Waals surface area contributed by atoms with E-state index in [1.165, 1.54) is 17.0 Å². The molecule has 2 aromatic heterocycles. The smallest absolute Gasteiger partial charge is 0.194 e. The Hall–Kier alpha value is -0.910. The molecule has 2 aromatic rings. The number of nitrogens with zero attached hydrogens (tertiary/aromatic N) is 3. The minimum Gasteiger partial charge on any atom is -0.377 e. The van der Waals surface area contributed by atoms with Gasteiger partial charge in [-0.25, -0.2) is 4.98 Å². The van der Waals surface area contributed by atoms with Gasteiger partial charge in [0.05, 0.1) is 17.5 Å². The van der Waals surface area contributed by atoms with Crippen molar-refractivity contribution in [2.45, 2.75) is 52.8 Å². The number of hydrogen-bond acceptors (Lipinski definition) is 4. The molecule has 0 amide bonds. The molecule has 2 aliphatic rings. The summed E-state index contributed by atoms with van der Waals surface area (Å²) in [6.07, 6.45) is 3.88. The highest BCUT2D eigenvalue weighted by Crippen LogP contribution is 2.54. The predicted octanol–water partition coefficient (Wildman–Crippen LogP) is 3.26. The van der Waals surface area contributed by atoms with Crippen molar-refractivity contribution >= 4 is 16.3 Å². The van der Waals surface area contributed by atoms with Gasteiger partial charge in [0, 0.05) is 41.6 Å². The summed E-state index contributed by atoms with van der Waals surface area (Å²) in [6, 6.07) is 0.602. The molecule has 3 atom stereocenters. The third-order valence-electron chi connectivity index (χ3n) is 5.65. The molecule has 22 heavy (non-hydrogen) atoms. The molecule has 0 N–H and O–H groups in total. The summed E-state index contributed by atoms with van der Waals surface area (Å²) in [4.78, 5) is 9.69. The van der Waals surface area contributed by atoms with Crippen molar-refractivity contribution in [3.8, 4) is 0 Å². The third kappa shape index (κ3) is 1.92. The topological polar surface area (TPSA) is 29.8 Å². The molecule has 5 heteroatoms. The van der Waals surface area contributed by atoms with Crippen LogP contribution in [-0.4, -0.2) is 40.1 Å². The number of fused-ring (bicyclic) bond motifs is 2. The van der Waals surface area contributed by atoms with Crippen molar-refractivity contribution in [1.29, 1.82) is 0 Å². The predicted molar refractivity (Wildman–Crippen MR) is 89.4 cm³/mol. The molecule has 2 fully saturated rings. The van der Waals surface area contributed by atoms with Crippen LogP contribution in [0.1, 0.15) is 36.5 Å². The maximum atomic E-state index is 5.94. The normalized spacial score (nSPS) is 30.0. The van der Waals surface area contributed by atoms with Gasteiger partial charge >= 0.3 is 0 Å². The fourth-order valence-electron chi connectivity index (χ4n) is 4.83. The molecule has 1 aliphatic heterocycles. The van der Waals surface area contributed by atoms with E-state index in [0.717, 1.165) is 23.8 Å². The zero-order valence-electron chi connectivity index (χ0n) is 14.1. The van der Waals surface area contributed by atoms with Gasteiger partial charge in [0.25, 0.3) is 0 Å². The van der Waals surface area contributed by atoms with Gasteiger partial charge in [-0.05, 0) is 27.3 Å². The summed E-state index contributed by atoms with van der Waals surface area (Å²) in [7, 11) is 2.26. The van der Waals surface area contributed by atoms with Gasteiger partial charge < -0.3 is 4.74 Å². The Morgan fingerprint density at radius 1 is 1.45 bits per heavy atom. The highest BCUT2D eigenvalue weighted by molar-refractivity contribution is 7.17. The first-order chi connectivity index (χ1) is 10.4. The number of hydrogen-bond donors (Lipinski definition) is 0. The van der Waals surface area contributed by atoms with Crippen LogP contribution in [0.25, 0.3) is 4.96 Å². The lowest BCUT2D eigenvalue weighted by atomic mass is 9.57. The van der Waals surface area contributed by atoms with Crippen molar-refractivity contribution in [3.05, 3.63) is 22.5 Å². The van der Waals surface area contributed by atoms with E-state index < -0.39 is 0 Å². The van der Waals surface area contributed by atoms with Crippen molar-refractivity contribution in [1.82, 2.24) is 14.3 Å². The first-order valence-electron chi connectivity index (χ1n) is 8.15. The van der Waals surface area contributed by atoms with Crippen molar-refractivity contribution in [2.75, 3.05) is 13.7 Å². The van der Waals surface area contributed by atoms with Crippen LogP contribution in [0.3, 0.4) is 0 Å². The average Bonchev–Trinajstić information content (AvgIpc) is 3.06. The Labute approximate surface area is 136 Å². The van der Waals surface area contributed by atoms with Gasteiger partial charge in [0.15, 0.2) is 4.96 Å². The molecule has 0 unspecified atom stereocenters. The standard InChI is InChI=1S/C17H25N3OS/c1-10-8-20-13(11(2)18-16(20)22-10)9-19(5)14-12-6-7-21-15(12)17(14,3)4/h8,12,14-15H,6-7,9H2,1-5H3/t12-,14-,15-/m1/s1. The molecule has 1 saturated heterocycles. The Morgan fingerprint density at radius 2 is 2.23 bits per heavy atom. The first kappa shape index (κ1) is 14.7. The summed E-state index contributed by atoms with van der Waals surface area (Å²) >= 11 is 1.77. The van der Waals surface area contributed by atoms with Crippen molar-refractivity contribution < 1.29 is 4.74 Å². The minimum atomic E-state index is 0.248. The molecule has 0 radical (unpaired) electrons. The summed E-state index contributed by atoms with van der Waals surface area (Å²) in [5.74, 6) is 0.702. The molecular weight excluding hydrogens is 294 g/mol. The van der Waals surface area contributed by atoms with Gasteiger partial charge in [-0.2, -0.15) is 0 Å². The van der Waals surface area contributed by atoms with Crippen LogP contribution >= 0.6 is 11.3 Å². The Kier molecular flexibility index (Phi) is 3.19. The second-order valence-corrected chi connectivity index (χ2v) is 8.78. The minimum absolute atomic E-state index is 0.248. The molecule has 3 heterocycles. The average molecular weight is 319 g/mol. The fourth-order valence-corrected chi connectivity index (χ4v) is 5.72. The molecule has 0 aromatic carbocycles. The summed E-state index contributed by atoms with van der Waals surface area (Å²) < 4.78 is 8.22. The lowest BCUT2D eigenvalue weighted by Gasteiger charge is -2.58. The zero-order valence-corrected chi connectivity index (χ0v) is 14.9. The highest BCUT2D eigenvalue weighted by Gasteiger charge is 2.60. The van der Waals surface area contributed by atoms with Gasteiger partial charge in [-0.1, -0.05) is 13.8 Å². The van der Waals surface area contributed by atoms with E-state index in [1.54, 1.807) is 11.3 Å². The maximum Gasteiger partial charge on any atom is 0.194 e. The second kappa shape index (κ2) is 4.79. The van der Waals surface area contributed by atoms with E-state index in [-0.39, 0.29) is 5.41 Å². The van der Waals surface area contributed by atoms with E-state index >= 15 is 0 Å². The zero-order chi connectivity index (χ0) is 15.6. The van der Waals surface area contributed by atoms with Gasteiger partial charge in [-0.15, -0.1) is 11.3 Å². The molecule has 4 rings (SSSR count). The molecule has 0 bridgehead atoms. The Balaban J connectivity index is 1.61. The third-order valence-corrected chi connectivity index (χ3v) is 6.55. The molecule has 0 spiro atoms. The lowest BCUT2D eigenvalue weighted by molar-refractivity contribution is -0.151. The van der Waals surface area contributed by atoms with Gasteiger partial charge in [-0.3, -0.25) is 9.30 Å². The number of aromatic nitrogens is 2. The lowest BCUT2D eigenvalue weighted by Crippen LogP contribution is -2.65. The molecule has 1 aliphatic carbocycles. The van der Waals surface area contributed by atoms with Crippen LogP contribution in [0, 0.1) is 25.2 Å². The summed E-state index contributed by atoms with van der Waals surface area (Å²) in [6.45, 7) is 10.9. The summed E-state index contributed by atoms with van der Waals surface area (Å²) in [5, 5.41) is 0. The van der Waals surface area contributed by atoms with E-state index in [9.17, 15) is 0 Å². The first-order valence-corrected chi connectivity index (χ1v) is 8.97. The number of rotatable bonds is 3. The number of thiazole rings is 1. The Morgan fingerprint density at radius 3 is 3.00 bits per heavy atom. The van der Waals surface area contributed by atoms with E-state index in [2.05, 4.69) is 50.2 Å². The number of ether oxygens (including phenoxy) is 1. The van der Waals surface area contributed by atoms with Crippen LogP contribution < -0.4 is 0 Å². The van der Waals surface area contributed by atoms with Crippen LogP contribution in [0.15, 0.2) is 6.20 Å². The number of aryl methyl sites for hydroxylation is 2.